The minimum atomic E-state index is -0.483. The highest BCUT2D eigenvalue weighted by Crippen LogP contribution is 2.31. The van der Waals surface area contributed by atoms with Crippen molar-refractivity contribution in [2.45, 2.75) is 32.5 Å². The fourth-order valence-electron chi connectivity index (χ4n) is 2.07. The lowest BCUT2D eigenvalue weighted by atomic mass is 9.94. The van der Waals surface area contributed by atoms with Gasteiger partial charge >= 0.3 is 0 Å². The average Bonchev–Trinajstić information content (AvgIpc) is 2.65. The highest BCUT2D eigenvalue weighted by molar-refractivity contribution is 5.24. The van der Waals surface area contributed by atoms with Crippen molar-refractivity contribution in [2.24, 2.45) is 5.92 Å². The number of aliphatic hydroxyl groups excluding tert-OH is 1. The van der Waals surface area contributed by atoms with Crippen molar-refractivity contribution >= 4 is 0 Å². The molecule has 1 heterocycles. The second-order valence-electron chi connectivity index (χ2n) is 4.46. The molecule has 1 aromatic carbocycles. The molecule has 15 heavy (non-hydrogen) atoms. The first kappa shape index (κ1) is 10.7. The van der Waals surface area contributed by atoms with Gasteiger partial charge in [-0.25, -0.2) is 0 Å². The van der Waals surface area contributed by atoms with Crippen LogP contribution in [0.2, 0.25) is 0 Å². The lowest BCUT2D eigenvalue weighted by Gasteiger charge is -2.21. The van der Waals surface area contributed by atoms with E-state index in [2.05, 4.69) is 6.92 Å². The maximum atomic E-state index is 10.2. The third-order valence-corrected chi connectivity index (χ3v) is 3.17. The van der Waals surface area contributed by atoms with Crippen LogP contribution in [-0.4, -0.2) is 17.8 Å². The summed E-state index contributed by atoms with van der Waals surface area (Å²) in [5.41, 5.74) is 2.17. The van der Waals surface area contributed by atoms with Crippen LogP contribution in [0.1, 0.15) is 30.6 Å². The first-order valence-electron chi connectivity index (χ1n) is 5.54. The van der Waals surface area contributed by atoms with Crippen LogP contribution in [0.5, 0.6) is 0 Å². The summed E-state index contributed by atoms with van der Waals surface area (Å²) >= 11 is 0. The van der Waals surface area contributed by atoms with Crippen LogP contribution in [0, 0.1) is 12.8 Å². The van der Waals surface area contributed by atoms with Crippen LogP contribution < -0.4 is 0 Å². The monoisotopic (exact) mass is 206 g/mol. The quantitative estimate of drug-likeness (QED) is 0.805. The molecule has 1 fully saturated rings. The molecule has 0 radical (unpaired) electrons. The van der Waals surface area contributed by atoms with Crippen LogP contribution in [0.4, 0.5) is 0 Å². The van der Waals surface area contributed by atoms with Gasteiger partial charge in [-0.2, -0.15) is 0 Å². The predicted octanol–water partition coefficient (Wildman–Crippen LogP) is 2.45. The second-order valence-corrected chi connectivity index (χ2v) is 4.46. The summed E-state index contributed by atoms with van der Waals surface area (Å²) in [4.78, 5) is 0. The number of aryl methyl sites for hydroxylation is 1. The lowest BCUT2D eigenvalue weighted by Crippen LogP contribution is -2.22. The van der Waals surface area contributed by atoms with E-state index in [-0.39, 0.29) is 6.10 Å². The normalized spacial score (nSPS) is 27.9. The van der Waals surface area contributed by atoms with Crippen molar-refractivity contribution in [3.63, 3.8) is 0 Å². The number of hydrogen-bond donors (Lipinski definition) is 1. The molecule has 0 aromatic heterocycles. The Morgan fingerprint density at radius 1 is 1.33 bits per heavy atom. The molecule has 82 valence electrons. The van der Waals surface area contributed by atoms with Gasteiger partial charge in [-0.05, 0) is 24.8 Å². The van der Waals surface area contributed by atoms with E-state index in [0.717, 1.165) is 18.6 Å². The number of aliphatic hydroxyl groups is 1. The summed E-state index contributed by atoms with van der Waals surface area (Å²) in [6.07, 6.45) is 0.531. The molecule has 0 amide bonds. The van der Waals surface area contributed by atoms with Gasteiger partial charge in [-0.1, -0.05) is 36.8 Å². The highest BCUT2D eigenvalue weighted by atomic mass is 16.5. The smallest absolute Gasteiger partial charge is 0.105 e. The molecule has 0 spiro atoms. The Hall–Kier alpha value is -0.860. The maximum Gasteiger partial charge on any atom is 0.105 e. The summed E-state index contributed by atoms with van der Waals surface area (Å²) in [7, 11) is 0. The molecule has 0 bridgehead atoms. The Bertz CT molecular complexity index is 318. The molecule has 1 aromatic rings. The van der Waals surface area contributed by atoms with Crippen LogP contribution in [-0.2, 0) is 4.74 Å². The van der Waals surface area contributed by atoms with Gasteiger partial charge in [0.1, 0.15) is 6.10 Å². The van der Waals surface area contributed by atoms with Crippen LogP contribution in [0.15, 0.2) is 24.3 Å². The van der Waals surface area contributed by atoms with Gasteiger partial charge in [0, 0.05) is 6.61 Å². The molecule has 1 N–H and O–H groups in total. The molecule has 1 saturated heterocycles. The molecule has 1 aliphatic heterocycles. The van der Waals surface area contributed by atoms with E-state index in [1.807, 2.05) is 31.2 Å². The number of benzene rings is 1. The molecule has 0 aliphatic carbocycles. The van der Waals surface area contributed by atoms with Gasteiger partial charge in [0.15, 0.2) is 0 Å². The molecular formula is C13H18O2. The summed E-state index contributed by atoms with van der Waals surface area (Å²) < 4.78 is 5.56. The Labute approximate surface area is 90.9 Å². The van der Waals surface area contributed by atoms with E-state index in [1.165, 1.54) is 5.56 Å². The number of ether oxygens (including phenoxy) is 1. The minimum absolute atomic E-state index is 0.0345. The second kappa shape index (κ2) is 4.33. The van der Waals surface area contributed by atoms with E-state index in [1.54, 1.807) is 0 Å². The third-order valence-electron chi connectivity index (χ3n) is 3.17. The van der Waals surface area contributed by atoms with Gasteiger partial charge < -0.3 is 9.84 Å². The summed E-state index contributed by atoms with van der Waals surface area (Å²) in [5, 5.41) is 10.2. The molecule has 3 atom stereocenters. The summed E-state index contributed by atoms with van der Waals surface area (Å²) in [6, 6.07) is 8.01. The van der Waals surface area contributed by atoms with Crippen molar-refractivity contribution in [3.05, 3.63) is 35.4 Å². The van der Waals surface area contributed by atoms with Crippen molar-refractivity contribution < 1.29 is 9.84 Å². The van der Waals surface area contributed by atoms with Crippen LogP contribution in [0.3, 0.4) is 0 Å². The zero-order valence-corrected chi connectivity index (χ0v) is 9.31. The largest absolute Gasteiger partial charge is 0.386 e. The Kier molecular flexibility index (Phi) is 3.08. The van der Waals surface area contributed by atoms with E-state index < -0.39 is 6.10 Å². The van der Waals surface area contributed by atoms with E-state index in [4.69, 9.17) is 4.74 Å². The number of hydrogen-bond acceptors (Lipinski definition) is 2. The van der Waals surface area contributed by atoms with Crippen molar-refractivity contribution in [1.82, 2.24) is 0 Å². The molecule has 2 heteroatoms. The van der Waals surface area contributed by atoms with E-state index >= 15 is 0 Å². The molecule has 0 saturated carbocycles. The summed E-state index contributed by atoms with van der Waals surface area (Å²) in [5.74, 6) is 0.446. The summed E-state index contributed by atoms with van der Waals surface area (Å²) in [6.45, 7) is 4.95. The van der Waals surface area contributed by atoms with Gasteiger partial charge in [0.2, 0.25) is 0 Å². The molecule has 2 nitrogen and oxygen atoms in total. The lowest BCUT2D eigenvalue weighted by molar-refractivity contribution is -0.0178. The fourth-order valence-corrected chi connectivity index (χ4v) is 2.07. The highest BCUT2D eigenvalue weighted by Gasteiger charge is 2.31. The fraction of sp³-hybridized carbons (Fsp3) is 0.538. The van der Waals surface area contributed by atoms with Gasteiger partial charge in [0.05, 0.1) is 6.10 Å². The Morgan fingerprint density at radius 2 is 2.00 bits per heavy atom. The SMILES string of the molecule is Cc1ccc(C(O)C2OCCC2C)cc1. The predicted molar refractivity (Wildman–Crippen MR) is 59.7 cm³/mol. The van der Waals surface area contributed by atoms with Gasteiger partial charge in [-0.3, -0.25) is 0 Å². The zero-order valence-electron chi connectivity index (χ0n) is 9.31. The minimum Gasteiger partial charge on any atom is -0.386 e. The Balaban J connectivity index is 2.13. The first-order chi connectivity index (χ1) is 7.18. The third kappa shape index (κ3) is 2.21. The van der Waals surface area contributed by atoms with E-state index in [0.29, 0.717) is 5.92 Å². The molecule has 3 unspecified atom stereocenters. The maximum absolute atomic E-state index is 10.2. The standard InChI is InChI=1S/C13H18O2/c1-9-3-5-11(6-4-9)12(14)13-10(2)7-8-15-13/h3-6,10,12-14H,7-8H2,1-2H3. The van der Waals surface area contributed by atoms with Crippen molar-refractivity contribution in [1.29, 1.82) is 0 Å². The van der Waals surface area contributed by atoms with Crippen molar-refractivity contribution in [3.8, 4) is 0 Å². The van der Waals surface area contributed by atoms with Gasteiger partial charge in [-0.15, -0.1) is 0 Å². The van der Waals surface area contributed by atoms with Crippen LogP contribution in [0.25, 0.3) is 0 Å². The number of rotatable bonds is 2. The average molecular weight is 206 g/mol. The Morgan fingerprint density at radius 3 is 2.53 bits per heavy atom. The molecule has 2 rings (SSSR count). The van der Waals surface area contributed by atoms with Gasteiger partial charge in [0.25, 0.3) is 0 Å². The van der Waals surface area contributed by atoms with Crippen LogP contribution >= 0.6 is 0 Å². The van der Waals surface area contributed by atoms with E-state index in [9.17, 15) is 5.11 Å². The molecule has 1 aliphatic rings. The first-order valence-corrected chi connectivity index (χ1v) is 5.54. The zero-order chi connectivity index (χ0) is 10.8. The molecular weight excluding hydrogens is 188 g/mol. The van der Waals surface area contributed by atoms with Crippen molar-refractivity contribution in [2.75, 3.05) is 6.61 Å². The topological polar surface area (TPSA) is 29.5 Å².